The summed E-state index contributed by atoms with van der Waals surface area (Å²) in [5, 5.41) is 33.6. The zero-order chi connectivity index (χ0) is 46.1. The zero-order valence-corrected chi connectivity index (χ0v) is 39.4. The lowest BCUT2D eigenvalue weighted by Crippen LogP contribution is -2.60. The first kappa shape index (κ1) is 51.4. The number of carbonyl (C=O) groups is 5. The van der Waals surface area contributed by atoms with E-state index in [9.17, 15) is 39.3 Å². The van der Waals surface area contributed by atoms with Gasteiger partial charge in [0.1, 0.15) is 23.7 Å². The minimum absolute atomic E-state index is 0.0475. The number of amides is 1. The molecule has 1 aliphatic carbocycles. The smallest absolute Gasteiger partial charge is 0.329 e. The summed E-state index contributed by atoms with van der Waals surface area (Å²) < 4.78 is 12.4. The maximum absolute atomic E-state index is 14.3. The average Bonchev–Trinajstić information content (AvgIpc) is 3.23. The molecule has 15 atom stereocenters. The van der Waals surface area contributed by atoms with E-state index in [-0.39, 0.29) is 72.6 Å². The molecule has 11 heteroatoms. The van der Waals surface area contributed by atoms with Crippen molar-refractivity contribution in [2.24, 2.45) is 53.3 Å². The number of piperidine rings is 1. The lowest BCUT2D eigenvalue weighted by Gasteiger charge is -2.42. The van der Waals surface area contributed by atoms with Crippen LogP contribution in [-0.2, 0) is 33.4 Å². The van der Waals surface area contributed by atoms with Crippen molar-refractivity contribution in [2.75, 3.05) is 6.54 Å². The number of cyclic esters (lactones) is 1. The molecular formula is C51H79NO10. The van der Waals surface area contributed by atoms with Crippen LogP contribution in [0.4, 0.5) is 0 Å². The standard InChI is InChI=1S/C51H79NO10/c1-30-16-12-11-13-17-31(2)32(3)28-41-21-19-38(9)51(60,62-41)48(57)49(58)52-23-15-14-18-42(52)50(59)61-45(35(6)27-40-20-22-43(53)34(5)26-40)29-44(54)33(4)25-37(8)47(56)39(10)46(55)36(7)24-30/h11-13,16-17,25,30,32-36,38-43,45,47,53,56,60H,14-15,18-24,26-29H2,1-10H3/b13-11+,16-12+,31-17+,37-25+/t30-,32+,33-,34-,35-,36-,38-,39+,40?,41?,42+,43-,45+,47-,51-/m1/s1. The Morgan fingerprint density at radius 3 is 2.23 bits per heavy atom. The molecule has 0 spiro atoms. The first-order chi connectivity index (χ1) is 29.1. The van der Waals surface area contributed by atoms with Crippen LogP contribution in [0.2, 0.25) is 0 Å². The van der Waals surface area contributed by atoms with Crippen molar-refractivity contribution in [2.45, 2.75) is 183 Å². The largest absolute Gasteiger partial charge is 0.460 e. The fourth-order valence-electron chi connectivity index (χ4n) is 10.2. The molecule has 0 aromatic carbocycles. The summed E-state index contributed by atoms with van der Waals surface area (Å²) in [4.78, 5) is 71.4. The second kappa shape index (κ2) is 23.1. The summed E-state index contributed by atoms with van der Waals surface area (Å²) >= 11 is 0. The number of fused-ring (bicyclic) bond motifs is 3. The molecule has 11 nitrogen and oxygen atoms in total. The lowest BCUT2D eigenvalue weighted by molar-refractivity contribution is -0.264. The molecule has 4 aliphatic rings. The van der Waals surface area contributed by atoms with Gasteiger partial charge >= 0.3 is 5.97 Å². The summed E-state index contributed by atoms with van der Waals surface area (Å²) in [6, 6.07) is -1.08. The number of aliphatic hydroxyl groups is 3. The van der Waals surface area contributed by atoms with Crippen LogP contribution < -0.4 is 0 Å². The van der Waals surface area contributed by atoms with Crippen molar-refractivity contribution in [3.63, 3.8) is 0 Å². The predicted molar refractivity (Wildman–Crippen MR) is 240 cm³/mol. The van der Waals surface area contributed by atoms with Crippen LogP contribution in [0.1, 0.15) is 146 Å². The highest BCUT2D eigenvalue weighted by Gasteiger charge is 2.53. The first-order valence-electron chi connectivity index (χ1n) is 23.7. The Hall–Kier alpha value is -3.25. The fraction of sp³-hybridized carbons (Fsp3) is 0.745. The van der Waals surface area contributed by atoms with E-state index in [2.05, 4.69) is 19.9 Å². The molecule has 0 aromatic heterocycles. The van der Waals surface area contributed by atoms with Gasteiger partial charge in [-0.1, -0.05) is 97.4 Å². The van der Waals surface area contributed by atoms with Gasteiger partial charge in [0.15, 0.2) is 0 Å². The molecule has 62 heavy (non-hydrogen) atoms. The van der Waals surface area contributed by atoms with Gasteiger partial charge in [-0.15, -0.1) is 0 Å². The molecule has 1 amide bonds. The van der Waals surface area contributed by atoms with E-state index in [4.69, 9.17) is 9.47 Å². The zero-order valence-electron chi connectivity index (χ0n) is 39.4. The van der Waals surface area contributed by atoms with E-state index in [0.717, 1.165) is 18.4 Å². The van der Waals surface area contributed by atoms with Crippen molar-refractivity contribution in [3.8, 4) is 0 Å². The molecule has 0 radical (unpaired) electrons. The molecule has 0 aromatic rings. The van der Waals surface area contributed by atoms with Gasteiger partial charge in [0.05, 0.1) is 18.3 Å². The number of rotatable bonds is 3. The van der Waals surface area contributed by atoms with Gasteiger partial charge in [-0.05, 0) is 120 Å². The molecule has 2 unspecified atom stereocenters. The topological polar surface area (TPSA) is 168 Å². The highest BCUT2D eigenvalue weighted by Crippen LogP contribution is 2.38. The number of carbonyl (C=O) groups excluding carboxylic acids is 5. The van der Waals surface area contributed by atoms with E-state index < -0.39 is 65.6 Å². The van der Waals surface area contributed by atoms with Gasteiger partial charge in [-0.3, -0.25) is 19.2 Å². The average molecular weight is 866 g/mol. The van der Waals surface area contributed by atoms with E-state index in [0.29, 0.717) is 56.9 Å². The molecule has 3 heterocycles. The molecular weight excluding hydrogens is 787 g/mol. The summed E-state index contributed by atoms with van der Waals surface area (Å²) in [5.41, 5.74) is 1.60. The van der Waals surface area contributed by atoms with Crippen molar-refractivity contribution >= 4 is 29.2 Å². The molecule has 2 saturated heterocycles. The quantitative estimate of drug-likeness (QED) is 0.144. The van der Waals surface area contributed by atoms with Crippen molar-refractivity contribution < 1.29 is 48.8 Å². The van der Waals surface area contributed by atoms with Crippen molar-refractivity contribution in [1.82, 2.24) is 4.90 Å². The molecule has 348 valence electrons. The minimum atomic E-state index is -2.35. The van der Waals surface area contributed by atoms with Crippen LogP contribution in [0.5, 0.6) is 0 Å². The molecule has 2 bridgehead atoms. The number of allylic oxidation sites excluding steroid dienone is 7. The maximum atomic E-state index is 14.3. The van der Waals surface area contributed by atoms with E-state index >= 15 is 0 Å². The number of hydrogen-bond acceptors (Lipinski definition) is 10. The monoisotopic (exact) mass is 866 g/mol. The van der Waals surface area contributed by atoms with Crippen molar-refractivity contribution in [3.05, 3.63) is 47.6 Å². The second-order valence-electron chi connectivity index (χ2n) is 20.1. The number of nitrogens with zero attached hydrogens (tertiary/aromatic N) is 1. The summed E-state index contributed by atoms with van der Waals surface area (Å²) in [6.45, 7) is 19.0. The van der Waals surface area contributed by atoms with E-state index in [1.54, 1.807) is 33.8 Å². The first-order valence-corrected chi connectivity index (χ1v) is 23.7. The highest BCUT2D eigenvalue weighted by atomic mass is 16.6. The summed E-state index contributed by atoms with van der Waals surface area (Å²) in [7, 11) is 0. The Kier molecular flexibility index (Phi) is 19.1. The second-order valence-corrected chi connectivity index (χ2v) is 20.1. The van der Waals surface area contributed by atoms with Crippen LogP contribution in [0.25, 0.3) is 0 Å². The van der Waals surface area contributed by atoms with Crippen LogP contribution in [0.15, 0.2) is 47.6 Å². The Morgan fingerprint density at radius 2 is 1.53 bits per heavy atom. The van der Waals surface area contributed by atoms with Gasteiger partial charge in [-0.2, -0.15) is 0 Å². The Bertz CT molecular complexity index is 1700. The van der Waals surface area contributed by atoms with Gasteiger partial charge in [0.2, 0.25) is 5.79 Å². The van der Waals surface area contributed by atoms with Crippen LogP contribution >= 0.6 is 0 Å². The minimum Gasteiger partial charge on any atom is -0.460 e. The van der Waals surface area contributed by atoms with Crippen LogP contribution in [0, 0.1) is 53.3 Å². The SMILES string of the molecule is C/C1=C\[C@@H](C)C(=O)C[C@@H]([C@H](C)CC2CC[C@@H](O)[C@H](C)C2)OC(=O)[C@@H]2CCCCN2C(=O)C(=O)[C@]2(O)OC(CC[C@H]2C)C[C@H](C)/C(C)=C/C=C/C=C/[C@@H](C)C[C@@H](C)C(=O)[C@H](C)[C@@H]1O. The third-order valence-corrected chi connectivity index (χ3v) is 14.8. The number of hydrogen-bond donors (Lipinski definition) is 3. The number of ketones is 3. The summed E-state index contributed by atoms with van der Waals surface area (Å²) in [6.07, 6.45) is 15.4. The third-order valence-electron chi connectivity index (χ3n) is 14.8. The van der Waals surface area contributed by atoms with Crippen LogP contribution in [0.3, 0.4) is 0 Å². The number of aliphatic hydroxyl groups excluding tert-OH is 2. The third kappa shape index (κ3) is 13.4. The molecule has 4 rings (SSSR count). The maximum Gasteiger partial charge on any atom is 0.329 e. The number of esters is 1. The lowest BCUT2D eigenvalue weighted by atomic mass is 9.75. The van der Waals surface area contributed by atoms with Gasteiger partial charge in [0.25, 0.3) is 11.7 Å². The van der Waals surface area contributed by atoms with Crippen molar-refractivity contribution in [1.29, 1.82) is 0 Å². The van der Waals surface area contributed by atoms with Gasteiger partial charge in [0, 0.05) is 36.6 Å². The normalized spacial score (nSPS) is 41.8. The molecule has 3 N–H and O–H groups in total. The molecule has 1 saturated carbocycles. The Morgan fingerprint density at radius 1 is 0.823 bits per heavy atom. The number of Topliss-reactive ketones (excluding diaryl/α,β-unsaturated/α-hetero) is 3. The Balaban J connectivity index is 1.67. The van der Waals surface area contributed by atoms with Gasteiger partial charge < -0.3 is 29.7 Å². The molecule has 3 aliphatic heterocycles. The fourth-order valence-corrected chi connectivity index (χ4v) is 10.2. The predicted octanol–water partition coefficient (Wildman–Crippen LogP) is 8.04. The highest BCUT2D eigenvalue weighted by molar-refractivity contribution is 6.39. The number of ether oxygens (including phenoxy) is 2. The summed E-state index contributed by atoms with van der Waals surface area (Å²) in [5.74, 6) is -7.36. The van der Waals surface area contributed by atoms with E-state index in [1.807, 2.05) is 52.0 Å². The molecule has 3 fully saturated rings. The van der Waals surface area contributed by atoms with E-state index in [1.165, 1.54) is 4.90 Å². The van der Waals surface area contributed by atoms with Gasteiger partial charge in [-0.25, -0.2) is 4.79 Å². The van der Waals surface area contributed by atoms with Crippen LogP contribution in [-0.4, -0.2) is 92.2 Å². The Labute approximate surface area is 371 Å².